The van der Waals surface area contributed by atoms with Gasteiger partial charge in [0.2, 0.25) is 0 Å². The largest absolute Gasteiger partial charge is 0.380 e. The first-order chi connectivity index (χ1) is 8.08. The van der Waals surface area contributed by atoms with Crippen LogP contribution in [0.15, 0.2) is 12.4 Å². The zero-order valence-electron chi connectivity index (χ0n) is 11.6. The second-order valence-electron chi connectivity index (χ2n) is 4.83. The molecule has 0 aliphatic rings. The third-order valence-corrected chi connectivity index (χ3v) is 3.01. The SMILES string of the molecule is CCNC(Cc1cnn(C)c1)C(OC)C(C)C. The highest BCUT2D eigenvalue weighted by Gasteiger charge is 2.24. The van der Waals surface area contributed by atoms with Crippen LogP contribution in [0.5, 0.6) is 0 Å². The van der Waals surface area contributed by atoms with E-state index in [4.69, 9.17) is 4.74 Å². The molecule has 0 fully saturated rings. The zero-order chi connectivity index (χ0) is 12.8. The van der Waals surface area contributed by atoms with E-state index in [1.165, 1.54) is 5.56 Å². The van der Waals surface area contributed by atoms with Crippen LogP contribution in [-0.4, -0.2) is 35.6 Å². The molecule has 1 N–H and O–H groups in total. The molecule has 0 amide bonds. The Morgan fingerprint density at radius 2 is 2.18 bits per heavy atom. The predicted octanol–water partition coefficient (Wildman–Crippen LogP) is 1.61. The first-order valence-electron chi connectivity index (χ1n) is 6.32. The summed E-state index contributed by atoms with van der Waals surface area (Å²) < 4.78 is 7.46. The number of likely N-dealkylation sites (N-methyl/N-ethyl adjacent to an activating group) is 1. The first kappa shape index (κ1) is 14.2. The first-order valence-corrected chi connectivity index (χ1v) is 6.32. The van der Waals surface area contributed by atoms with Crippen molar-refractivity contribution in [3.8, 4) is 0 Å². The molecule has 4 heteroatoms. The topological polar surface area (TPSA) is 39.1 Å². The number of rotatable bonds is 7. The van der Waals surface area contributed by atoms with E-state index in [1.54, 1.807) is 7.11 Å². The highest BCUT2D eigenvalue weighted by molar-refractivity contribution is 5.07. The monoisotopic (exact) mass is 239 g/mol. The number of hydrogen-bond donors (Lipinski definition) is 1. The van der Waals surface area contributed by atoms with E-state index < -0.39 is 0 Å². The van der Waals surface area contributed by atoms with Crippen molar-refractivity contribution in [3.05, 3.63) is 18.0 Å². The highest BCUT2D eigenvalue weighted by Crippen LogP contribution is 2.14. The van der Waals surface area contributed by atoms with Gasteiger partial charge in [0.1, 0.15) is 0 Å². The molecule has 1 aromatic rings. The van der Waals surface area contributed by atoms with Crippen molar-refractivity contribution < 1.29 is 4.74 Å². The fourth-order valence-corrected chi connectivity index (χ4v) is 2.30. The van der Waals surface area contributed by atoms with E-state index in [1.807, 2.05) is 17.9 Å². The van der Waals surface area contributed by atoms with E-state index in [0.717, 1.165) is 13.0 Å². The minimum Gasteiger partial charge on any atom is -0.380 e. The number of aromatic nitrogens is 2. The fraction of sp³-hybridized carbons (Fsp3) is 0.769. The van der Waals surface area contributed by atoms with E-state index in [9.17, 15) is 0 Å². The molecule has 4 nitrogen and oxygen atoms in total. The van der Waals surface area contributed by atoms with Crippen LogP contribution in [-0.2, 0) is 18.2 Å². The lowest BCUT2D eigenvalue weighted by Crippen LogP contribution is -2.45. The van der Waals surface area contributed by atoms with Crippen molar-refractivity contribution >= 4 is 0 Å². The van der Waals surface area contributed by atoms with Gasteiger partial charge in [-0.1, -0.05) is 20.8 Å². The average molecular weight is 239 g/mol. The maximum atomic E-state index is 5.62. The summed E-state index contributed by atoms with van der Waals surface area (Å²) in [7, 11) is 3.74. The molecule has 1 heterocycles. The fourth-order valence-electron chi connectivity index (χ4n) is 2.30. The molecule has 0 aromatic carbocycles. The van der Waals surface area contributed by atoms with Crippen LogP contribution >= 0.6 is 0 Å². The molecule has 17 heavy (non-hydrogen) atoms. The Labute approximate surface area is 104 Å². The van der Waals surface area contributed by atoms with Gasteiger partial charge in [0.25, 0.3) is 0 Å². The number of hydrogen-bond acceptors (Lipinski definition) is 3. The van der Waals surface area contributed by atoms with Gasteiger partial charge in [-0.3, -0.25) is 4.68 Å². The van der Waals surface area contributed by atoms with Crippen LogP contribution in [0.25, 0.3) is 0 Å². The van der Waals surface area contributed by atoms with E-state index >= 15 is 0 Å². The van der Waals surface area contributed by atoms with Gasteiger partial charge in [0, 0.05) is 26.4 Å². The van der Waals surface area contributed by atoms with Gasteiger partial charge in [-0.25, -0.2) is 0 Å². The van der Waals surface area contributed by atoms with Gasteiger partial charge in [-0.2, -0.15) is 5.10 Å². The molecule has 1 rings (SSSR count). The lowest BCUT2D eigenvalue weighted by Gasteiger charge is -2.29. The van der Waals surface area contributed by atoms with Crippen molar-refractivity contribution in [2.24, 2.45) is 13.0 Å². The molecule has 98 valence electrons. The molecule has 2 unspecified atom stereocenters. The van der Waals surface area contributed by atoms with Crippen LogP contribution in [0.4, 0.5) is 0 Å². The maximum Gasteiger partial charge on any atom is 0.0750 e. The van der Waals surface area contributed by atoms with Gasteiger partial charge >= 0.3 is 0 Å². The molecular formula is C13H25N3O. The van der Waals surface area contributed by atoms with Crippen LogP contribution in [0, 0.1) is 5.92 Å². The standard InChI is InChI=1S/C13H25N3O/c1-6-14-12(13(17-5)10(2)3)7-11-8-15-16(4)9-11/h8-10,12-14H,6-7H2,1-5H3. The molecule has 1 aromatic heterocycles. The van der Waals surface area contributed by atoms with Gasteiger partial charge in [0.15, 0.2) is 0 Å². The van der Waals surface area contributed by atoms with Crippen molar-refractivity contribution in [2.45, 2.75) is 39.3 Å². The number of nitrogens with zero attached hydrogens (tertiary/aromatic N) is 2. The number of aryl methyl sites for hydroxylation is 1. The summed E-state index contributed by atoms with van der Waals surface area (Å²) in [6.45, 7) is 7.48. The van der Waals surface area contributed by atoms with Gasteiger partial charge in [-0.15, -0.1) is 0 Å². The number of methoxy groups -OCH3 is 1. The summed E-state index contributed by atoms with van der Waals surface area (Å²) in [5, 5.41) is 7.72. The Kier molecular flexibility index (Phi) is 5.65. The summed E-state index contributed by atoms with van der Waals surface area (Å²) in [5.74, 6) is 0.501. The van der Waals surface area contributed by atoms with Crippen molar-refractivity contribution in [2.75, 3.05) is 13.7 Å². The maximum absolute atomic E-state index is 5.62. The summed E-state index contributed by atoms with van der Waals surface area (Å²) >= 11 is 0. The molecule has 0 saturated carbocycles. The van der Waals surface area contributed by atoms with E-state index in [2.05, 4.69) is 37.4 Å². The quantitative estimate of drug-likeness (QED) is 0.786. The minimum absolute atomic E-state index is 0.232. The molecule has 0 aliphatic carbocycles. The highest BCUT2D eigenvalue weighted by atomic mass is 16.5. The van der Waals surface area contributed by atoms with Gasteiger partial charge in [0.05, 0.1) is 12.3 Å². The second kappa shape index (κ2) is 6.77. The Hall–Kier alpha value is -0.870. The smallest absolute Gasteiger partial charge is 0.0750 e. The molecule has 0 bridgehead atoms. The summed E-state index contributed by atoms with van der Waals surface area (Å²) in [6.07, 6.45) is 5.18. The third kappa shape index (κ3) is 4.13. The van der Waals surface area contributed by atoms with Gasteiger partial charge < -0.3 is 10.1 Å². The van der Waals surface area contributed by atoms with Gasteiger partial charge in [-0.05, 0) is 24.4 Å². The van der Waals surface area contributed by atoms with E-state index in [-0.39, 0.29) is 6.10 Å². The Morgan fingerprint density at radius 1 is 1.47 bits per heavy atom. The number of nitrogens with one attached hydrogen (secondary N) is 1. The molecule has 0 aliphatic heterocycles. The molecule has 0 saturated heterocycles. The second-order valence-corrected chi connectivity index (χ2v) is 4.83. The van der Waals surface area contributed by atoms with E-state index in [0.29, 0.717) is 12.0 Å². The molecular weight excluding hydrogens is 214 g/mol. The lowest BCUT2D eigenvalue weighted by atomic mass is 9.95. The number of ether oxygens (including phenoxy) is 1. The lowest BCUT2D eigenvalue weighted by molar-refractivity contribution is 0.0337. The van der Waals surface area contributed by atoms with Crippen molar-refractivity contribution in [3.63, 3.8) is 0 Å². The van der Waals surface area contributed by atoms with Crippen molar-refractivity contribution in [1.82, 2.24) is 15.1 Å². The molecule has 0 spiro atoms. The summed E-state index contributed by atoms with van der Waals surface area (Å²) in [6, 6.07) is 0.342. The Morgan fingerprint density at radius 3 is 2.59 bits per heavy atom. The van der Waals surface area contributed by atoms with Crippen LogP contribution in [0.2, 0.25) is 0 Å². The average Bonchev–Trinajstić information content (AvgIpc) is 2.64. The summed E-state index contributed by atoms with van der Waals surface area (Å²) in [4.78, 5) is 0. The van der Waals surface area contributed by atoms with Crippen molar-refractivity contribution in [1.29, 1.82) is 0 Å². The van der Waals surface area contributed by atoms with Crippen LogP contribution in [0.1, 0.15) is 26.3 Å². The van der Waals surface area contributed by atoms with Crippen LogP contribution in [0.3, 0.4) is 0 Å². The third-order valence-electron chi connectivity index (χ3n) is 3.01. The normalized spacial score (nSPS) is 15.2. The Balaban J connectivity index is 2.70. The predicted molar refractivity (Wildman–Crippen MR) is 70.0 cm³/mol. The van der Waals surface area contributed by atoms with Crippen LogP contribution < -0.4 is 5.32 Å². The molecule has 2 atom stereocenters. The molecule has 0 radical (unpaired) electrons. The minimum atomic E-state index is 0.232. The summed E-state index contributed by atoms with van der Waals surface area (Å²) in [5.41, 5.74) is 1.25. The zero-order valence-corrected chi connectivity index (χ0v) is 11.6. The Bertz CT molecular complexity index is 322.